The maximum atomic E-state index is 11.9. The van der Waals surface area contributed by atoms with Crippen molar-refractivity contribution < 1.29 is 35.1 Å². The number of amides is 1. The third kappa shape index (κ3) is 4.08. The first-order valence-corrected chi connectivity index (χ1v) is 6.56. The molecule has 6 atom stereocenters. The molecule has 10 N–H and O–H groups in total. The van der Waals surface area contributed by atoms with Gasteiger partial charge in [0.2, 0.25) is 5.79 Å². The summed E-state index contributed by atoms with van der Waals surface area (Å²) in [4.78, 5) is 11.9. The molecule has 0 bridgehead atoms. The third-order valence-corrected chi connectivity index (χ3v) is 3.34. The Balaban J connectivity index is 2.88. The van der Waals surface area contributed by atoms with Gasteiger partial charge in [-0.05, 0) is 0 Å². The summed E-state index contributed by atoms with van der Waals surface area (Å²) in [5, 5.41) is 50.4. The van der Waals surface area contributed by atoms with Crippen molar-refractivity contribution in [1.29, 1.82) is 0 Å². The molecule has 1 rings (SSSR count). The third-order valence-electron chi connectivity index (χ3n) is 3.34. The molecule has 0 aromatic rings. The monoisotopic (exact) mass is 309 g/mol. The molecule has 2 unspecified atom stereocenters. The summed E-state index contributed by atoms with van der Waals surface area (Å²) in [6.07, 6.45) is -6.57. The molecule has 0 aromatic heterocycles. The lowest BCUT2D eigenvalue weighted by molar-refractivity contribution is -0.284. The highest BCUT2D eigenvalue weighted by molar-refractivity contribution is 5.83. The number of nitrogens with two attached hydrogens (primary N) is 2. The number of aliphatic hydroxyl groups is 5. The Morgan fingerprint density at radius 2 is 2.10 bits per heavy atom. The molecular weight excluding hydrogens is 286 g/mol. The van der Waals surface area contributed by atoms with E-state index < -0.39 is 55.2 Å². The molecule has 0 saturated carbocycles. The van der Waals surface area contributed by atoms with Crippen LogP contribution in [0.3, 0.4) is 0 Å². The minimum Gasteiger partial charge on any atom is -0.394 e. The number of carbonyl (C=O) groups is 1. The number of aliphatic hydroxyl groups excluding tert-OH is 4. The first kappa shape index (κ1) is 18.2. The molecule has 1 fully saturated rings. The highest BCUT2D eigenvalue weighted by Crippen LogP contribution is 2.29. The Kier molecular flexibility index (Phi) is 6.43. The van der Waals surface area contributed by atoms with E-state index in [2.05, 4.69) is 5.32 Å². The van der Waals surface area contributed by atoms with Crippen LogP contribution in [0.1, 0.15) is 6.42 Å². The van der Waals surface area contributed by atoms with E-state index in [9.17, 15) is 25.2 Å². The fourth-order valence-corrected chi connectivity index (χ4v) is 2.08. The Morgan fingerprint density at radius 3 is 2.62 bits per heavy atom. The average molecular weight is 309 g/mol. The molecule has 21 heavy (non-hydrogen) atoms. The van der Waals surface area contributed by atoms with Gasteiger partial charge in [0.15, 0.2) is 0 Å². The van der Waals surface area contributed by atoms with Crippen molar-refractivity contribution in [3.05, 3.63) is 0 Å². The molecule has 124 valence electrons. The minimum atomic E-state index is -2.41. The number of carbonyl (C=O) groups excluding carboxylic acids is 1. The smallest absolute Gasteiger partial charge is 0.280 e. The zero-order valence-electron chi connectivity index (χ0n) is 11.4. The molecule has 1 amide bonds. The summed E-state index contributed by atoms with van der Waals surface area (Å²) in [6, 6.07) is -1.15. The quantitative estimate of drug-likeness (QED) is 0.237. The van der Waals surface area contributed by atoms with Gasteiger partial charge in [0.25, 0.3) is 5.91 Å². The lowest BCUT2D eigenvalue weighted by Gasteiger charge is -2.44. The molecule has 1 heterocycles. The van der Waals surface area contributed by atoms with Crippen LogP contribution in [0.5, 0.6) is 0 Å². The van der Waals surface area contributed by atoms with Gasteiger partial charge < -0.3 is 47.1 Å². The van der Waals surface area contributed by atoms with Gasteiger partial charge >= 0.3 is 0 Å². The number of rotatable bonds is 6. The van der Waals surface area contributed by atoms with Crippen LogP contribution in [0.15, 0.2) is 0 Å². The second kappa shape index (κ2) is 7.42. The molecule has 1 aliphatic heterocycles. The van der Waals surface area contributed by atoms with Gasteiger partial charge in [-0.25, -0.2) is 0 Å². The van der Waals surface area contributed by atoms with Gasteiger partial charge in [0, 0.05) is 19.5 Å². The van der Waals surface area contributed by atoms with Gasteiger partial charge in [0.1, 0.15) is 18.3 Å². The van der Waals surface area contributed by atoms with Crippen molar-refractivity contribution in [2.24, 2.45) is 11.5 Å². The maximum absolute atomic E-state index is 11.9. The minimum absolute atomic E-state index is 0.0825. The normalized spacial score (nSPS) is 36.0. The second-order valence-corrected chi connectivity index (χ2v) is 5.00. The van der Waals surface area contributed by atoms with Crippen LogP contribution in [0.25, 0.3) is 0 Å². The first-order valence-electron chi connectivity index (χ1n) is 6.56. The zero-order chi connectivity index (χ0) is 16.2. The fourth-order valence-electron chi connectivity index (χ4n) is 2.08. The summed E-state index contributed by atoms with van der Waals surface area (Å²) in [6.45, 7) is -0.556. The SMILES string of the molecule is NCCNC(=O)[C@@]1(O)C[C@@H](O)[C@@H](N)C([C@H](O)C(O)CO)O1. The molecular formula is C11H23N3O7. The number of hydrogen-bond acceptors (Lipinski definition) is 9. The highest BCUT2D eigenvalue weighted by Gasteiger charge is 2.52. The molecule has 1 saturated heterocycles. The van der Waals surface area contributed by atoms with Crippen molar-refractivity contribution in [3.8, 4) is 0 Å². The van der Waals surface area contributed by atoms with Crippen molar-refractivity contribution >= 4 is 5.91 Å². The molecule has 0 aromatic carbocycles. The van der Waals surface area contributed by atoms with Gasteiger partial charge in [-0.15, -0.1) is 0 Å². The Labute approximate surface area is 121 Å². The van der Waals surface area contributed by atoms with E-state index in [1.54, 1.807) is 0 Å². The predicted octanol–water partition coefficient (Wildman–Crippen LogP) is -5.06. The van der Waals surface area contributed by atoms with Crippen LogP contribution in [-0.4, -0.2) is 87.4 Å². The van der Waals surface area contributed by atoms with E-state index in [1.807, 2.05) is 0 Å². The summed E-state index contributed by atoms with van der Waals surface area (Å²) in [5.74, 6) is -3.35. The van der Waals surface area contributed by atoms with E-state index in [0.717, 1.165) is 0 Å². The van der Waals surface area contributed by atoms with Crippen LogP contribution in [-0.2, 0) is 9.53 Å². The van der Waals surface area contributed by atoms with E-state index in [4.69, 9.17) is 21.3 Å². The van der Waals surface area contributed by atoms with Crippen LogP contribution < -0.4 is 16.8 Å². The lowest BCUT2D eigenvalue weighted by Crippen LogP contribution is -2.67. The van der Waals surface area contributed by atoms with Crippen molar-refractivity contribution in [2.75, 3.05) is 19.7 Å². The Morgan fingerprint density at radius 1 is 1.48 bits per heavy atom. The van der Waals surface area contributed by atoms with Gasteiger partial charge in [-0.3, -0.25) is 4.79 Å². The fraction of sp³-hybridized carbons (Fsp3) is 0.909. The lowest BCUT2D eigenvalue weighted by atomic mass is 9.89. The summed E-state index contributed by atoms with van der Waals surface area (Å²) >= 11 is 0. The summed E-state index contributed by atoms with van der Waals surface area (Å²) < 4.78 is 5.10. The number of hydrogen-bond donors (Lipinski definition) is 8. The van der Waals surface area contributed by atoms with Gasteiger partial charge in [-0.1, -0.05) is 0 Å². The number of nitrogens with one attached hydrogen (secondary N) is 1. The average Bonchev–Trinajstić information content (AvgIpc) is 2.46. The largest absolute Gasteiger partial charge is 0.394 e. The highest BCUT2D eigenvalue weighted by atomic mass is 16.6. The summed E-state index contributed by atoms with van der Waals surface area (Å²) in [5.41, 5.74) is 10.9. The molecule has 0 radical (unpaired) electrons. The predicted molar refractivity (Wildman–Crippen MR) is 69.6 cm³/mol. The molecule has 0 spiro atoms. The first-order chi connectivity index (χ1) is 9.76. The van der Waals surface area contributed by atoms with Crippen molar-refractivity contribution in [3.63, 3.8) is 0 Å². The molecule has 10 nitrogen and oxygen atoms in total. The molecule has 1 aliphatic rings. The van der Waals surface area contributed by atoms with Crippen LogP contribution in [0.2, 0.25) is 0 Å². The standard InChI is InChI=1S/C11H23N3O7/c12-1-2-14-10(19)11(20)3-5(16)7(13)9(21-11)8(18)6(17)4-15/h5-9,15-18,20H,1-4,12-13H2,(H,14,19)/t5-,6?,7-,8-,9?,11-/m1/s1. The van der Waals surface area contributed by atoms with E-state index >= 15 is 0 Å². The van der Waals surface area contributed by atoms with Crippen LogP contribution in [0, 0.1) is 0 Å². The van der Waals surface area contributed by atoms with Crippen molar-refractivity contribution in [1.82, 2.24) is 5.32 Å². The molecule has 10 heteroatoms. The van der Waals surface area contributed by atoms with E-state index in [-0.39, 0.29) is 13.1 Å². The Hall–Kier alpha value is -0.850. The zero-order valence-corrected chi connectivity index (χ0v) is 11.4. The van der Waals surface area contributed by atoms with Crippen molar-refractivity contribution in [2.45, 2.75) is 42.7 Å². The number of ether oxygens (including phenoxy) is 1. The topological polar surface area (TPSA) is 192 Å². The van der Waals surface area contributed by atoms with Crippen LogP contribution in [0.4, 0.5) is 0 Å². The molecule has 0 aliphatic carbocycles. The van der Waals surface area contributed by atoms with Gasteiger partial charge in [0.05, 0.1) is 18.8 Å². The van der Waals surface area contributed by atoms with Crippen LogP contribution >= 0.6 is 0 Å². The van der Waals surface area contributed by atoms with E-state index in [1.165, 1.54) is 0 Å². The maximum Gasteiger partial charge on any atom is 0.280 e. The second-order valence-electron chi connectivity index (χ2n) is 5.00. The van der Waals surface area contributed by atoms with E-state index in [0.29, 0.717) is 0 Å². The summed E-state index contributed by atoms with van der Waals surface area (Å²) in [7, 11) is 0. The van der Waals surface area contributed by atoms with Gasteiger partial charge in [-0.2, -0.15) is 0 Å². The Bertz CT molecular complexity index is 359.